The molecule has 1 atom stereocenters. The van der Waals surface area contributed by atoms with Crippen LogP contribution in [-0.2, 0) is 0 Å². The topological polar surface area (TPSA) is 56.7 Å². The smallest absolute Gasteiger partial charge is 0.264 e. The van der Waals surface area contributed by atoms with Crippen LogP contribution in [0.5, 0.6) is 0 Å². The van der Waals surface area contributed by atoms with E-state index < -0.39 is 0 Å². The zero-order chi connectivity index (χ0) is 19.0. The number of nitrogens with one attached hydrogen (secondary N) is 2. The van der Waals surface area contributed by atoms with Gasteiger partial charge in [-0.15, -0.1) is 11.3 Å². The molecule has 2 fully saturated rings. The Bertz CT molecular complexity index is 888. The van der Waals surface area contributed by atoms with Gasteiger partial charge in [-0.2, -0.15) is 0 Å². The van der Waals surface area contributed by atoms with E-state index >= 15 is 0 Å². The number of nitrogens with zero attached hydrogens (tertiary/aromatic N) is 2. The summed E-state index contributed by atoms with van der Waals surface area (Å²) in [5.41, 5.74) is 1.84. The fourth-order valence-corrected chi connectivity index (χ4v) is 5.41. The molecular formula is C22H26N4OS. The average molecular weight is 395 g/mol. The molecule has 3 aliphatic rings. The molecular weight excluding hydrogens is 368 g/mol. The second-order valence-corrected chi connectivity index (χ2v) is 9.05. The molecule has 5 rings (SSSR count). The fourth-order valence-electron chi connectivity index (χ4n) is 4.72. The number of carbonyl (C=O) groups excluding carboxylic acids is 1. The highest BCUT2D eigenvalue weighted by molar-refractivity contribution is 7.12. The molecule has 0 bridgehead atoms. The van der Waals surface area contributed by atoms with Crippen LogP contribution in [0.25, 0.3) is 0 Å². The Morgan fingerprint density at radius 3 is 2.71 bits per heavy atom. The van der Waals surface area contributed by atoms with E-state index in [2.05, 4.69) is 28.8 Å². The van der Waals surface area contributed by atoms with Crippen molar-refractivity contribution in [1.29, 1.82) is 0 Å². The lowest BCUT2D eigenvalue weighted by atomic mass is 9.85. The highest BCUT2D eigenvalue weighted by atomic mass is 32.1. The first-order valence-electron chi connectivity index (χ1n) is 10.3. The third-order valence-electron chi connectivity index (χ3n) is 6.16. The van der Waals surface area contributed by atoms with Crippen molar-refractivity contribution in [2.24, 2.45) is 4.99 Å². The zero-order valence-corrected chi connectivity index (χ0v) is 16.8. The van der Waals surface area contributed by atoms with E-state index in [1.54, 1.807) is 0 Å². The van der Waals surface area contributed by atoms with Crippen molar-refractivity contribution in [3.05, 3.63) is 46.7 Å². The maximum Gasteiger partial charge on any atom is 0.264 e. The molecule has 2 N–H and O–H groups in total. The van der Waals surface area contributed by atoms with Gasteiger partial charge in [-0.05, 0) is 49.3 Å². The molecule has 0 unspecified atom stereocenters. The largest absolute Gasteiger partial charge is 0.370 e. The van der Waals surface area contributed by atoms with Crippen molar-refractivity contribution >= 4 is 34.5 Å². The molecule has 2 aromatic rings. The molecule has 1 spiro atoms. The summed E-state index contributed by atoms with van der Waals surface area (Å²) in [6, 6.07) is 12.6. The van der Waals surface area contributed by atoms with Crippen molar-refractivity contribution in [1.82, 2.24) is 4.90 Å². The van der Waals surface area contributed by atoms with Crippen LogP contribution in [0.15, 0.2) is 46.8 Å². The molecule has 1 aliphatic carbocycles. The molecule has 1 saturated carbocycles. The van der Waals surface area contributed by atoms with E-state index in [0.717, 1.165) is 41.5 Å². The van der Waals surface area contributed by atoms with Crippen molar-refractivity contribution in [3.8, 4) is 0 Å². The van der Waals surface area contributed by atoms with Gasteiger partial charge in [-0.3, -0.25) is 9.79 Å². The lowest BCUT2D eigenvalue weighted by molar-refractivity contribution is 0.0699. The Balaban J connectivity index is 1.49. The van der Waals surface area contributed by atoms with Crippen LogP contribution in [-0.4, -0.2) is 41.3 Å². The number of carbonyl (C=O) groups is 1. The van der Waals surface area contributed by atoms with Crippen molar-refractivity contribution in [2.45, 2.75) is 50.1 Å². The minimum Gasteiger partial charge on any atom is -0.370 e. The standard InChI is InChI=1S/C22H26N4OS/c27-20(19-11-5-14-28-19)26-13-6-12-22(15-26)21(23-16-7-1-2-8-16)24-17-9-3-4-10-18(17)25-22/h3-5,9-11,14,16,25H,1-2,6-8,12-13,15H2,(H,23,24)/t22-/m1/s1. The molecule has 2 aliphatic heterocycles. The average Bonchev–Trinajstić information content (AvgIpc) is 3.42. The van der Waals surface area contributed by atoms with Crippen LogP contribution < -0.4 is 10.6 Å². The van der Waals surface area contributed by atoms with E-state index in [-0.39, 0.29) is 11.4 Å². The third-order valence-corrected chi connectivity index (χ3v) is 7.01. The summed E-state index contributed by atoms with van der Waals surface area (Å²) in [5.74, 6) is 1.15. The molecule has 1 aromatic heterocycles. The SMILES string of the molecule is O=C(c1cccs1)N1CCC[C@]2(C1)Nc1ccccc1NC2=NC1CCCC1. The number of hydrogen-bond acceptors (Lipinski definition) is 4. The molecule has 5 nitrogen and oxygen atoms in total. The minimum atomic E-state index is -0.331. The van der Waals surface area contributed by atoms with Gasteiger partial charge >= 0.3 is 0 Å². The number of piperidine rings is 1. The van der Waals surface area contributed by atoms with Gasteiger partial charge < -0.3 is 15.5 Å². The summed E-state index contributed by atoms with van der Waals surface area (Å²) in [6.07, 6.45) is 6.82. The monoisotopic (exact) mass is 394 g/mol. The van der Waals surface area contributed by atoms with Gasteiger partial charge in [0.2, 0.25) is 0 Å². The maximum atomic E-state index is 13.0. The van der Waals surface area contributed by atoms with E-state index in [9.17, 15) is 4.79 Å². The number of amides is 1. The third kappa shape index (κ3) is 3.20. The van der Waals surface area contributed by atoms with E-state index in [0.29, 0.717) is 12.6 Å². The molecule has 28 heavy (non-hydrogen) atoms. The van der Waals surface area contributed by atoms with Crippen LogP contribution in [0.3, 0.4) is 0 Å². The Labute approximate surface area is 169 Å². The Hall–Kier alpha value is -2.34. The van der Waals surface area contributed by atoms with Gasteiger partial charge in [0.1, 0.15) is 11.4 Å². The zero-order valence-electron chi connectivity index (χ0n) is 16.0. The van der Waals surface area contributed by atoms with Crippen LogP contribution in [0, 0.1) is 0 Å². The number of para-hydroxylation sites is 2. The molecule has 1 amide bonds. The normalized spacial score (nSPS) is 26.1. The summed E-state index contributed by atoms with van der Waals surface area (Å²) < 4.78 is 0. The lowest BCUT2D eigenvalue weighted by Gasteiger charge is -2.47. The van der Waals surface area contributed by atoms with Crippen LogP contribution in [0.1, 0.15) is 48.2 Å². The van der Waals surface area contributed by atoms with Gasteiger partial charge in [0, 0.05) is 6.54 Å². The summed E-state index contributed by atoms with van der Waals surface area (Å²) in [4.78, 5) is 21.0. The van der Waals surface area contributed by atoms with Gasteiger partial charge in [0.05, 0.1) is 28.8 Å². The second kappa shape index (κ2) is 7.24. The number of hydrogen-bond donors (Lipinski definition) is 2. The number of rotatable bonds is 2. The van der Waals surface area contributed by atoms with Crippen LogP contribution in [0.4, 0.5) is 11.4 Å². The first kappa shape index (κ1) is 17.7. The predicted octanol–water partition coefficient (Wildman–Crippen LogP) is 4.60. The maximum absolute atomic E-state index is 13.0. The number of fused-ring (bicyclic) bond motifs is 1. The lowest BCUT2D eigenvalue weighted by Crippen LogP contribution is -2.62. The predicted molar refractivity (Wildman–Crippen MR) is 116 cm³/mol. The van der Waals surface area contributed by atoms with Gasteiger partial charge in [-0.1, -0.05) is 31.0 Å². The molecule has 3 heterocycles. The fraction of sp³-hybridized carbons (Fsp3) is 0.455. The van der Waals surface area contributed by atoms with Crippen molar-refractivity contribution in [2.75, 3.05) is 23.7 Å². The summed E-state index contributed by atoms with van der Waals surface area (Å²) in [6.45, 7) is 1.45. The quantitative estimate of drug-likeness (QED) is 0.783. The first-order valence-corrected chi connectivity index (χ1v) is 11.2. The molecule has 1 aromatic carbocycles. The Kier molecular flexibility index (Phi) is 4.59. The van der Waals surface area contributed by atoms with E-state index in [4.69, 9.17) is 4.99 Å². The number of anilines is 2. The molecule has 6 heteroatoms. The number of benzene rings is 1. The number of thiophene rings is 1. The van der Waals surface area contributed by atoms with E-state index in [1.807, 2.05) is 28.5 Å². The van der Waals surface area contributed by atoms with Crippen LogP contribution in [0.2, 0.25) is 0 Å². The highest BCUT2D eigenvalue weighted by Gasteiger charge is 2.45. The first-order chi connectivity index (χ1) is 13.7. The summed E-state index contributed by atoms with van der Waals surface area (Å²) in [7, 11) is 0. The molecule has 0 radical (unpaired) electrons. The number of likely N-dealkylation sites (tertiary alicyclic amines) is 1. The van der Waals surface area contributed by atoms with Gasteiger partial charge in [-0.25, -0.2) is 0 Å². The van der Waals surface area contributed by atoms with E-state index in [1.165, 1.54) is 37.0 Å². The minimum absolute atomic E-state index is 0.134. The van der Waals surface area contributed by atoms with Gasteiger partial charge in [0.25, 0.3) is 5.91 Å². The Morgan fingerprint density at radius 2 is 1.93 bits per heavy atom. The highest BCUT2D eigenvalue weighted by Crippen LogP contribution is 2.37. The summed E-state index contributed by atoms with van der Waals surface area (Å²) >= 11 is 1.52. The van der Waals surface area contributed by atoms with Gasteiger partial charge in [0.15, 0.2) is 0 Å². The Morgan fingerprint density at radius 1 is 1.11 bits per heavy atom. The number of aliphatic imine (C=N–C) groups is 1. The molecule has 146 valence electrons. The molecule has 1 saturated heterocycles. The second-order valence-electron chi connectivity index (χ2n) is 8.10. The van der Waals surface area contributed by atoms with Crippen LogP contribution >= 0.6 is 11.3 Å². The van der Waals surface area contributed by atoms with Crippen molar-refractivity contribution < 1.29 is 4.79 Å². The van der Waals surface area contributed by atoms with Crippen molar-refractivity contribution in [3.63, 3.8) is 0 Å². The summed E-state index contributed by atoms with van der Waals surface area (Å²) in [5, 5.41) is 9.38. The number of amidine groups is 1.